The van der Waals surface area contributed by atoms with Gasteiger partial charge in [-0.05, 0) is 31.2 Å². The quantitative estimate of drug-likeness (QED) is 0.771. The summed E-state index contributed by atoms with van der Waals surface area (Å²) in [6.07, 6.45) is 0. The maximum atomic E-state index is 12.8. The van der Waals surface area contributed by atoms with Crippen molar-refractivity contribution >= 4 is 11.6 Å². The minimum absolute atomic E-state index is 0.260. The van der Waals surface area contributed by atoms with Gasteiger partial charge in [0, 0.05) is 12.1 Å². The Morgan fingerprint density at radius 1 is 1.25 bits per heavy atom. The third-order valence-corrected chi connectivity index (χ3v) is 2.60. The number of alkyl halides is 1. The van der Waals surface area contributed by atoms with Crippen molar-refractivity contribution in [1.29, 1.82) is 0 Å². The van der Waals surface area contributed by atoms with Crippen molar-refractivity contribution in [3.8, 4) is 11.4 Å². The molecule has 0 aliphatic rings. The molecule has 0 amide bonds. The zero-order valence-electron chi connectivity index (χ0n) is 8.82. The molecular weight excluding hydrogens is 229 g/mol. The van der Waals surface area contributed by atoms with Crippen molar-refractivity contribution in [3.05, 3.63) is 35.9 Å². The summed E-state index contributed by atoms with van der Waals surface area (Å²) in [5.41, 5.74) is 0.840. The van der Waals surface area contributed by atoms with E-state index in [4.69, 9.17) is 11.6 Å². The van der Waals surface area contributed by atoms with Crippen molar-refractivity contribution in [3.63, 3.8) is 0 Å². The van der Waals surface area contributed by atoms with Gasteiger partial charge in [-0.2, -0.15) is 0 Å². The van der Waals surface area contributed by atoms with Gasteiger partial charge in [-0.15, -0.1) is 21.8 Å². The van der Waals surface area contributed by atoms with Crippen LogP contribution in [0.15, 0.2) is 24.3 Å². The van der Waals surface area contributed by atoms with E-state index in [9.17, 15) is 4.39 Å². The highest BCUT2D eigenvalue weighted by atomic mass is 35.5. The minimum atomic E-state index is -0.260. The zero-order chi connectivity index (χ0) is 11.5. The predicted molar refractivity (Wildman–Crippen MR) is 60.6 cm³/mol. The van der Waals surface area contributed by atoms with E-state index in [0.717, 1.165) is 23.8 Å². The summed E-state index contributed by atoms with van der Waals surface area (Å²) in [7, 11) is 0. The van der Waals surface area contributed by atoms with Gasteiger partial charge < -0.3 is 4.57 Å². The Morgan fingerprint density at radius 3 is 2.50 bits per heavy atom. The van der Waals surface area contributed by atoms with Crippen molar-refractivity contribution in [2.45, 2.75) is 19.3 Å². The SMILES string of the molecule is CCn1c(CCl)nnc1-c1ccc(F)cc1. The van der Waals surface area contributed by atoms with Gasteiger partial charge in [0.1, 0.15) is 11.6 Å². The second-order valence-corrected chi connectivity index (χ2v) is 3.59. The lowest BCUT2D eigenvalue weighted by Gasteiger charge is -2.05. The molecule has 0 atom stereocenters. The van der Waals surface area contributed by atoms with Gasteiger partial charge in [-0.25, -0.2) is 4.39 Å². The van der Waals surface area contributed by atoms with Crippen LogP contribution < -0.4 is 0 Å². The van der Waals surface area contributed by atoms with Crippen LogP contribution >= 0.6 is 11.6 Å². The van der Waals surface area contributed by atoms with E-state index in [1.807, 2.05) is 11.5 Å². The van der Waals surface area contributed by atoms with Crippen LogP contribution in [0.4, 0.5) is 4.39 Å². The highest BCUT2D eigenvalue weighted by molar-refractivity contribution is 6.16. The van der Waals surface area contributed by atoms with Crippen LogP contribution in [-0.4, -0.2) is 14.8 Å². The van der Waals surface area contributed by atoms with Crippen molar-refractivity contribution in [1.82, 2.24) is 14.8 Å². The fraction of sp³-hybridized carbons (Fsp3) is 0.273. The second-order valence-electron chi connectivity index (χ2n) is 3.32. The first-order chi connectivity index (χ1) is 7.76. The molecular formula is C11H11ClFN3. The maximum Gasteiger partial charge on any atom is 0.163 e. The van der Waals surface area contributed by atoms with Crippen molar-refractivity contribution in [2.24, 2.45) is 0 Å². The van der Waals surface area contributed by atoms with E-state index >= 15 is 0 Å². The van der Waals surface area contributed by atoms with Gasteiger partial charge in [-0.1, -0.05) is 0 Å². The van der Waals surface area contributed by atoms with Crippen LogP contribution in [0.25, 0.3) is 11.4 Å². The predicted octanol–water partition coefficient (Wildman–Crippen LogP) is 2.84. The highest BCUT2D eigenvalue weighted by Gasteiger charge is 2.11. The molecule has 84 valence electrons. The number of hydrogen-bond donors (Lipinski definition) is 0. The number of hydrogen-bond acceptors (Lipinski definition) is 2. The first kappa shape index (κ1) is 11.1. The molecule has 0 bridgehead atoms. The second kappa shape index (κ2) is 4.61. The summed E-state index contributed by atoms with van der Waals surface area (Å²) >= 11 is 5.75. The lowest BCUT2D eigenvalue weighted by Crippen LogP contribution is -2.01. The number of aromatic nitrogens is 3. The molecule has 0 fully saturated rings. The Labute approximate surface area is 97.9 Å². The average molecular weight is 240 g/mol. The Kier molecular flexibility index (Phi) is 3.19. The van der Waals surface area contributed by atoms with Gasteiger partial charge in [-0.3, -0.25) is 0 Å². The molecule has 0 unspecified atom stereocenters. The Morgan fingerprint density at radius 2 is 1.94 bits per heavy atom. The first-order valence-electron chi connectivity index (χ1n) is 5.00. The Hall–Kier alpha value is -1.42. The number of nitrogens with zero attached hydrogens (tertiary/aromatic N) is 3. The summed E-state index contributed by atoms with van der Waals surface area (Å²) < 4.78 is 14.7. The molecule has 16 heavy (non-hydrogen) atoms. The molecule has 0 aliphatic carbocycles. The third kappa shape index (κ3) is 1.93. The van der Waals surface area contributed by atoms with Gasteiger partial charge in [0.05, 0.1) is 5.88 Å². The largest absolute Gasteiger partial charge is 0.310 e. The summed E-state index contributed by atoms with van der Waals surface area (Å²) in [6, 6.07) is 6.18. The van der Waals surface area contributed by atoms with E-state index in [2.05, 4.69) is 10.2 Å². The van der Waals surface area contributed by atoms with E-state index in [1.54, 1.807) is 12.1 Å². The smallest absolute Gasteiger partial charge is 0.163 e. The van der Waals surface area contributed by atoms with Gasteiger partial charge in [0.25, 0.3) is 0 Å². The molecule has 0 saturated carbocycles. The van der Waals surface area contributed by atoms with Crippen LogP contribution in [0.5, 0.6) is 0 Å². The van der Waals surface area contributed by atoms with Crippen LogP contribution in [0, 0.1) is 5.82 Å². The van der Waals surface area contributed by atoms with Gasteiger partial charge in [0.2, 0.25) is 0 Å². The molecule has 2 rings (SSSR count). The topological polar surface area (TPSA) is 30.7 Å². The molecule has 0 N–H and O–H groups in total. The van der Waals surface area contributed by atoms with E-state index in [0.29, 0.717) is 5.88 Å². The summed E-state index contributed by atoms with van der Waals surface area (Å²) in [6.45, 7) is 2.73. The van der Waals surface area contributed by atoms with Crippen LogP contribution in [-0.2, 0) is 12.4 Å². The molecule has 3 nitrogen and oxygen atoms in total. The number of benzene rings is 1. The summed E-state index contributed by atoms with van der Waals surface area (Å²) in [5.74, 6) is 1.51. The number of halogens is 2. The molecule has 1 heterocycles. The van der Waals surface area contributed by atoms with E-state index in [-0.39, 0.29) is 5.82 Å². The Bertz CT molecular complexity index is 478. The molecule has 0 aliphatic heterocycles. The maximum absolute atomic E-state index is 12.8. The lowest BCUT2D eigenvalue weighted by atomic mass is 10.2. The molecule has 0 spiro atoms. The highest BCUT2D eigenvalue weighted by Crippen LogP contribution is 2.19. The number of rotatable bonds is 3. The average Bonchev–Trinajstić information content (AvgIpc) is 2.72. The fourth-order valence-corrected chi connectivity index (χ4v) is 1.78. The van der Waals surface area contributed by atoms with E-state index < -0.39 is 0 Å². The summed E-state index contributed by atoms with van der Waals surface area (Å²) in [4.78, 5) is 0. The molecule has 1 aromatic heterocycles. The normalized spacial score (nSPS) is 10.7. The molecule has 0 saturated heterocycles. The molecule has 0 radical (unpaired) electrons. The zero-order valence-corrected chi connectivity index (χ0v) is 9.58. The Balaban J connectivity index is 2.47. The third-order valence-electron chi connectivity index (χ3n) is 2.37. The van der Waals surface area contributed by atoms with Crippen LogP contribution in [0.3, 0.4) is 0 Å². The standard InChI is InChI=1S/C11H11ClFN3/c1-2-16-10(7-12)14-15-11(16)8-3-5-9(13)6-4-8/h3-6H,2,7H2,1H3. The van der Waals surface area contributed by atoms with Crippen molar-refractivity contribution < 1.29 is 4.39 Å². The molecule has 1 aromatic carbocycles. The molecule has 2 aromatic rings. The van der Waals surface area contributed by atoms with Gasteiger partial charge >= 0.3 is 0 Å². The molecule has 5 heteroatoms. The first-order valence-corrected chi connectivity index (χ1v) is 5.53. The lowest BCUT2D eigenvalue weighted by molar-refractivity contribution is 0.628. The van der Waals surface area contributed by atoms with E-state index in [1.165, 1.54) is 12.1 Å². The fourth-order valence-electron chi connectivity index (χ4n) is 1.58. The monoisotopic (exact) mass is 239 g/mol. The minimum Gasteiger partial charge on any atom is -0.310 e. The van der Waals surface area contributed by atoms with Crippen molar-refractivity contribution in [2.75, 3.05) is 0 Å². The van der Waals surface area contributed by atoms with Gasteiger partial charge in [0.15, 0.2) is 5.82 Å². The van der Waals surface area contributed by atoms with Crippen LogP contribution in [0.1, 0.15) is 12.7 Å². The van der Waals surface area contributed by atoms with Crippen LogP contribution in [0.2, 0.25) is 0 Å². The summed E-state index contributed by atoms with van der Waals surface area (Å²) in [5, 5.41) is 8.06.